The zero-order valence-electron chi connectivity index (χ0n) is 16.2. The van der Waals surface area contributed by atoms with Crippen molar-refractivity contribution in [3.05, 3.63) is 65.7 Å². The van der Waals surface area contributed by atoms with Crippen LogP contribution in [0.25, 0.3) is 0 Å². The van der Waals surface area contributed by atoms with Crippen LogP contribution in [0.15, 0.2) is 59.5 Å². The fourth-order valence-electron chi connectivity index (χ4n) is 3.34. The van der Waals surface area contributed by atoms with Gasteiger partial charge in [-0.1, -0.05) is 36.4 Å². The van der Waals surface area contributed by atoms with Crippen molar-refractivity contribution in [3.63, 3.8) is 0 Å². The summed E-state index contributed by atoms with van der Waals surface area (Å²) in [6.45, 7) is 4.81. The van der Waals surface area contributed by atoms with Crippen LogP contribution in [0.1, 0.15) is 29.8 Å². The van der Waals surface area contributed by atoms with Crippen LogP contribution in [0.2, 0.25) is 0 Å². The average Bonchev–Trinajstić information content (AvgIpc) is 2.68. The lowest BCUT2D eigenvalue weighted by Crippen LogP contribution is -2.48. The van der Waals surface area contributed by atoms with Gasteiger partial charge in [0.1, 0.15) is 0 Å². The molecule has 1 fully saturated rings. The Morgan fingerprint density at radius 1 is 1.07 bits per heavy atom. The number of nitrogens with zero attached hydrogens (tertiary/aromatic N) is 1. The fraction of sp³-hybridized carbons (Fsp3) is 0.381. The van der Waals surface area contributed by atoms with Crippen molar-refractivity contribution in [2.24, 2.45) is 0 Å². The lowest BCUT2D eigenvalue weighted by atomic mass is 10.1. The van der Waals surface area contributed by atoms with Gasteiger partial charge in [-0.2, -0.15) is 4.31 Å². The van der Waals surface area contributed by atoms with E-state index in [2.05, 4.69) is 5.32 Å². The summed E-state index contributed by atoms with van der Waals surface area (Å²) in [5, 5.41) is 2.85. The number of carbonyl (C=O) groups is 1. The first-order valence-electron chi connectivity index (χ1n) is 9.44. The van der Waals surface area contributed by atoms with Gasteiger partial charge in [0.2, 0.25) is 10.0 Å². The summed E-state index contributed by atoms with van der Waals surface area (Å²) in [7, 11) is -3.67. The molecule has 1 aliphatic heterocycles. The average molecular weight is 403 g/mol. The third-order valence-corrected chi connectivity index (χ3v) is 6.49. The smallest absolute Gasteiger partial charge is 0.251 e. The molecular formula is C21H26N2O4S. The monoisotopic (exact) mass is 402 g/mol. The minimum Gasteiger partial charge on any atom is -0.373 e. The number of amides is 1. The first-order valence-corrected chi connectivity index (χ1v) is 10.9. The molecule has 1 amide bonds. The zero-order chi connectivity index (χ0) is 20.1. The predicted octanol–water partition coefficient (Wildman–Crippen LogP) is 2.46. The normalized spacial score (nSPS) is 20.6. The summed E-state index contributed by atoms with van der Waals surface area (Å²) < 4.78 is 33.0. The molecule has 150 valence electrons. The van der Waals surface area contributed by atoms with Crippen LogP contribution in [0, 0.1) is 0 Å². The molecule has 0 aliphatic carbocycles. The Hall–Kier alpha value is -2.22. The Morgan fingerprint density at radius 2 is 1.75 bits per heavy atom. The highest BCUT2D eigenvalue weighted by Crippen LogP contribution is 2.22. The molecular weight excluding hydrogens is 376 g/mol. The van der Waals surface area contributed by atoms with Gasteiger partial charge in [0.15, 0.2) is 0 Å². The van der Waals surface area contributed by atoms with E-state index >= 15 is 0 Å². The van der Waals surface area contributed by atoms with Crippen molar-refractivity contribution in [2.75, 3.05) is 19.6 Å². The van der Waals surface area contributed by atoms with Crippen LogP contribution >= 0.6 is 0 Å². The molecule has 1 saturated heterocycles. The second-order valence-corrected chi connectivity index (χ2v) is 9.04. The van der Waals surface area contributed by atoms with Gasteiger partial charge in [-0.25, -0.2) is 8.42 Å². The molecule has 0 radical (unpaired) electrons. The summed E-state index contributed by atoms with van der Waals surface area (Å²) in [4.78, 5) is 12.6. The number of benzene rings is 2. The lowest BCUT2D eigenvalue weighted by Gasteiger charge is -2.34. The quantitative estimate of drug-likeness (QED) is 0.805. The van der Waals surface area contributed by atoms with Crippen LogP contribution in [0.3, 0.4) is 0 Å². The molecule has 3 rings (SSSR count). The van der Waals surface area contributed by atoms with Gasteiger partial charge in [-0.05, 0) is 44.0 Å². The molecule has 1 aliphatic rings. The van der Waals surface area contributed by atoms with E-state index in [4.69, 9.17) is 4.74 Å². The maximum Gasteiger partial charge on any atom is 0.251 e. The Labute approximate surface area is 166 Å². The Bertz CT molecular complexity index is 905. The molecule has 28 heavy (non-hydrogen) atoms. The highest BCUT2D eigenvalue weighted by atomic mass is 32.2. The molecule has 2 aromatic carbocycles. The van der Waals surface area contributed by atoms with Gasteiger partial charge in [0.25, 0.3) is 5.91 Å². The van der Waals surface area contributed by atoms with E-state index < -0.39 is 10.0 Å². The highest BCUT2D eigenvalue weighted by molar-refractivity contribution is 7.89. The number of ether oxygens (including phenoxy) is 1. The molecule has 0 bridgehead atoms. The first-order chi connectivity index (χ1) is 13.4. The topological polar surface area (TPSA) is 75.7 Å². The zero-order valence-corrected chi connectivity index (χ0v) is 17.0. The molecule has 0 saturated carbocycles. The van der Waals surface area contributed by atoms with Crippen molar-refractivity contribution < 1.29 is 17.9 Å². The number of rotatable bonds is 6. The third kappa shape index (κ3) is 4.98. The Morgan fingerprint density at radius 3 is 2.43 bits per heavy atom. The standard InChI is InChI=1S/C21H26N2O4S/c1-16-14-23(15-17(2)27-16)28(25,26)20-10-6-9-19(13-20)21(24)22-12-11-18-7-4-3-5-8-18/h3-10,13,16-17H,11-12,14-15H2,1-2H3,(H,22,24)/t16-,17+. The molecule has 1 heterocycles. The highest BCUT2D eigenvalue weighted by Gasteiger charge is 2.32. The Balaban J connectivity index is 1.68. The van der Waals surface area contributed by atoms with E-state index in [1.54, 1.807) is 12.1 Å². The molecule has 2 atom stereocenters. The van der Waals surface area contributed by atoms with Crippen molar-refractivity contribution in [2.45, 2.75) is 37.4 Å². The summed E-state index contributed by atoms with van der Waals surface area (Å²) in [6, 6.07) is 16.1. The van der Waals surface area contributed by atoms with E-state index in [1.807, 2.05) is 44.2 Å². The van der Waals surface area contributed by atoms with Crippen LogP contribution in [0.5, 0.6) is 0 Å². The summed E-state index contributed by atoms with van der Waals surface area (Å²) in [5.74, 6) is -0.281. The van der Waals surface area contributed by atoms with Crippen LogP contribution in [0.4, 0.5) is 0 Å². The van der Waals surface area contributed by atoms with Crippen molar-refractivity contribution in [1.82, 2.24) is 9.62 Å². The number of nitrogens with one attached hydrogen (secondary N) is 1. The number of hydrogen-bond acceptors (Lipinski definition) is 4. The molecule has 6 nitrogen and oxygen atoms in total. The van der Waals surface area contributed by atoms with Crippen molar-refractivity contribution in [3.8, 4) is 0 Å². The van der Waals surface area contributed by atoms with Crippen LogP contribution in [-0.4, -0.2) is 50.5 Å². The predicted molar refractivity (Wildman–Crippen MR) is 108 cm³/mol. The van der Waals surface area contributed by atoms with E-state index in [-0.39, 0.29) is 23.0 Å². The lowest BCUT2D eigenvalue weighted by molar-refractivity contribution is -0.0440. The SMILES string of the molecule is C[C@@H]1CN(S(=O)(=O)c2cccc(C(=O)NCCc3ccccc3)c2)C[C@H](C)O1. The number of hydrogen-bond donors (Lipinski definition) is 1. The molecule has 0 unspecified atom stereocenters. The van der Waals surface area contributed by atoms with Gasteiger partial charge in [-0.15, -0.1) is 0 Å². The molecule has 7 heteroatoms. The minimum absolute atomic E-state index is 0.129. The molecule has 0 aromatic heterocycles. The molecule has 0 spiro atoms. The number of morpholine rings is 1. The van der Waals surface area contributed by atoms with Crippen LogP contribution in [-0.2, 0) is 21.2 Å². The van der Waals surface area contributed by atoms with Crippen LogP contribution < -0.4 is 5.32 Å². The van der Waals surface area contributed by atoms with Gasteiger partial charge in [0, 0.05) is 25.2 Å². The van der Waals surface area contributed by atoms with Gasteiger partial charge < -0.3 is 10.1 Å². The van der Waals surface area contributed by atoms with Gasteiger partial charge in [-0.3, -0.25) is 4.79 Å². The maximum absolute atomic E-state index is 13.0. The van der Waals surface area contributed by atoms with Gasteiger partial charge >= 0.3 is 0 Å². The van der Waals surface area contributed by atoms with E-state index in [9.17, 15) is 13.2 Å². The number of carbonyl (C=O) groups excluding carboxylic acids is 1. The molecule has 1 N–H and O–H groups in total. The Kier molecular flexibility index (Phi) is 6.49. The number of sulfonamides is 1. The molecule has 2 aromatic rings. The van der Waals surface area contributed by atoms with E-state index in [1.165, 1.54) is 16.4 Å². The fourth-order valence-corrected chi connectivity index (χ4v) is 4.98. The minimum atomic E-state index is -3.67. The summed E-state index contributed by atoms with van der Waals surface area (Å²) >= 11 is 0. The first kappa shape index (κ1) is 20.5. The van der Waals surface area contributed by atoms with Crippen molar-refractivity contribution >= 4 is 15.9 Å². The second-order valence-electron chi connectivity index (χ2n) is 7.10. The van der Waals surface area contributed by atoms with E-state index in [0.29, 0.717) is 31.6 Å². The van der Waals surface area contributed by atoms with Gasteiger partial charge in [0.05, 0.1) is 17.1 Å². The summed E-state index contributed by atoms with van der Waals surface area (Å²) in [6.07, 6.45) is 0.389. The second kappa shape index (κ2) is 8.86. The summed E-state index contributed by atoms with van der Waals surface area (Å²) in [5.41, 5.74) is 1.47. The van der Waals surface area contributed by atoms with Crippen molar-refractivity contribution in [1.29, 1.82) is 0 Å². The largest absolute Gasteiger partial charge is 0.373 e. The van der Waals surface area contributed by atoms with E-state index in [0.717, 1.165) is 5.56 Å². The third-order valence-electron chi connectivity index (χ3n) is 4.66. The maximum atomic E-state index is 13.0.